The number of nitrogens with zero attached hydrogens (tertiary/aromatic N) is 3. The fourth-order valence-corrected chi connectivity index (χ4v) is 3.41. The second-order valence-electron chi connectivity index (χ2n) is 6.77. The zero-order valence-corrected chi connectivity index (χ0v) is 14.2. The molecule has 0 N–H and O–H groups in total. The maximum absolute atomic E-state index is 13.1. The summed E-state index contributed by atoms with van der Waals surface area (Å²) in [5.74, 6) is 0.145. The number of benzene rings is 1. The molecule has 1 aliphatic heterocycles. The van der Waals surface area contributed by atoms with Crippen LogP contribution in [0.25, 0.3) is 0 Å². The van der Waals surface area contributed by atoms with E-state index >= 15 is 0 Å². The van der Waals surface area contributed by atoms with Crippen molar-refractivity contribution in [2.75, 3.05) is 6.54 Å². The lowest BCUT2D eigenvalue weighted by atomic mass is 9.97. The quantitative estimate of drug-likeness (QED) is 0.862. The lowest BCUT2D eigenvalue weighted by Gasteiger charge is -2.23. The van der Waals surface area contributed by atoms with Crippen molar-refractivity contribution in [1.82, 2.24) is 14.9 Å². The Bertz CT molecular complexity index is 730. The van der Waals surface area contributed by atoms with E-state index in [1.54, 1.807) is 6.20 Å². The number of carbonyl (C=O) groups excluding carboxylic acids is 1. The van der Waals surface area contributed by atoms with Gasteiger partial charge < -0.3 is 4.90 Å². The molecule has 0 spiro atoms. The molecule has 5 heteroatoms. The Kier molecular flexibility index (Phi) is 4.60. The van der Waals surface area contributed by atoms with Crippen LogP contribution in [0.2, 0.25) is 0 Å². The minimum atomic E-state index is -0.235. The lowest BCUT2D eigenvalue weighted by molar-refractivity contribution is 0.0743. The van der Waals surface area contributed by atoms with Crippen molar-refractivity contribution < 1.29 is 9.18 Å². The molecule has 24 heavy (non-hydrogen) atoms. The van der Waals surface area contributed by atoms with E-state index in [-0.39, 0.29) is 29.6 Å². The van der Waals surface area contributed by atoms with Crippen LogP contribution < -0.4 is 0 Å². The summed E-state index contributed by atoms with van der Waals surface area (Å²) in [4.78, 5) is 23.2. The van der Waals surface area contributed by atoms with Crippen molar-refractivity contribution in [1.29, 1.82) is 0 Å². The third-order valence-corrected chi connectivity index (χ3v) is 4.70. The molecule has 3 rings (SSSR count). The van der Waals surface area contributed by atoms with Gasteiger partial charge in [0, 0.05) is 24.7 Å². The van der Waals surface area contributed by atoms with Crippen LogP contribution in [-0.2, 0) is 0 Å². The van der Waals surface area contributed by atoms with Gasteiger partial charge in [-0.3, -0.25) is 4.79 Å². The second-order valence-corrected chi connectivity index (χ2v) is 6.77. The summed E-state index contributed by atoms with van der Waals surface area (Å²) in [7, 11) is 0. The Balaban J connectivity index is 1.83. The lowest BCUT2D eigenvalue weighted by Crippen LogP contribution is -2.35. The van der Waals surface area contributed by atoms with Gasteiger partial charge in [0.05, 0.1) is 11.3 Å². The molecular weight excluding hydrogens is 305 g/mol. The van der Waals surface area contributed by atoms with E-state index in [4.69, 9.17) is 0 Å². The van der Waals surface area contributed by atoms with Crippen molar-refractivity contribution in [2.24, 2.45) is 0 Å². The molecule has 0 radical (unpaired) electrons. The molecule has 1 aromatic heterocycles. The van der Waals surface area contributed by atoms with E-state index in [9.17, 15) is 9.18 Å². The molecule has 2 aromatic rings. The molecule has 0 bridgehead atoms. The normalized spacial score (nSPS) is 20.6. The van der Waals surface area contributed by atoms with Crippen LogP contribution in [0.1, 0.15) is 60.6 Å². The van der Waals surface area contributed by atoms with Crippen LogP contribution in [0.15, 0.2) is 36.8 Å². The number of amides is 1. The van der Waals surface area contributed by atoms with E-state index in [1.807, 2.05) is 30.9 Å². The van der Waals surface area contributed by atoms with Gasteiger partial charge in [0.1, 0.15) is 12.1 Å². The number of carbonyl (C=O) groups is 1. The number of likely N-dealkylation sites (tertiary alicyclic amines) is 1. The molecule has 1 fully saturated rings. The number of hydrogen-bond acceptors (Lipinski definition) is 3. The van der Waals surface area contributed by atoms with E-state index in [1.165, 1.54) is 18.5 Å². The maximum Gasteiger partial charge on any atom is 0.257 e. The fourth-order valence-electron chi connectivity index (χ4n) is 3.41. The highest BCUT2D eigenvalue weighted by Gasteiger charge is 2.34. The molecule has 1 aliphatic rings. The zero-order chi connectivity index (χ0) is 17.3. The predicted octanol–water partition coefficient (Wildman–Crippen LogP) is 3.76. The topological polar surface area (TPSA) is 46.1 Å². The monoisotopic (exact) mass is 327 g/mol. The SMILES string of the molecule is CC(C)c1ncncc1C(=O)N1C[C@H](c2ccc(F)cc2)C[C@H]1C. The van der Waals surface area contributed by atoms with Crippen LogP contribution in [0.3, 0.4) is 0 Å². The van der Waals surface area contributed by atoms with E-state index in [0.717, 1.165) is 17.7 Å². The minimum absolute atomic E-state index is 0.0172. The first-order valence-corrected chi connectivity index (χ1v) is 8.33. The Morgan fingerprint density at radius 2 is 2.00 bits per heavy atom. The third-order valence-electron chi connectivity index (χ3n) is 4.70. The molecule has 0 unspecified atom stereocenters. The number of hydrogen-bond donors (Lipinski definition) is 0. The average molecular weight is 327 g/mol. The summed E-state index contributed by atoms with van der Waals surface area (Å²) < 4.78 is 13.1. The maximum atomic E-state index is 13.1. The van der Waals surface area contributed by atoms with Gasteiger partial charge in [0.25, 0.3) is 5.91 Å². The van der Waals surface area contributed by atoms with Gasteiger partial charge in [-0.15, -0.1) is 0 Å². The fraction of sp³-hybridized carbons (Fsp3) is 0.421. The van der Waals surface area contributed by atoms with Gasteiger partial charge in [0.2, 0.25) is 0 Å². The van der Waals surface area contributed by atoms with Crippen LogP contribution in [0, 0.1) is 5.82 Å². The standard InChI is InChI=1S/C19H22FN3O/c1-12(2)18-17(9-21-11-22-18)19(24)23-10-15(8-13(23)3)14-4-6-16(20)7-5-14/h4-7,9,11-13,15H,8,10H2,1-3H3/t13-,15-/m1/s1. The van der Waals surface area contributed by atoms with Crippen molar-refractivity contribution in [2.45, 2.75) is 45.1 Å². The molecule has 126 valence electrons. The first-order chi connectivity index (χ1) is 11.5. The minimum Gasteiger partial charge on any atom is -0.335 e. The van der Waals surface area contributed by atoms with Crippen LogP contribution in [0.4, 0.5) is 4.39 Å². The molecule has 2 atom stereocenters. The van der Waals surface area contributed by atoms with Crippen molar-refractivity contribution in [3.05, 3.63) is 59.4 Å². The molecule has 0 aliphatic carbocycles. The first kappa shape index (κ1) is 16.6. The number of halogens is 1. The molecule has 0 saturated carbocycles. The van der Waals surface area contributed by atoms with Gasteiger partial charge in [-0.25, -0.2) is 14.4 Å². The molecule has 4 nitrogen and oxygen atoms in total. The molecule has 1 aromatic carbocycles. The summed E-state index contributed by atoms with van der Waals surface area (Å²) in [6, 6.07) is 6.71. The van der Waals surface area contributed by atoms with Gasteiger partial charge in [-0.1, -0.05) is 26.0 Å². The van der Waals surface area contributed by atoms with E-state index in [0.29, 0.717) is 12.1 Å². The van der Waals surface area contributed by atoms with Gasteiger partial charge in [-0.05, 0) is 37.0 Å². The van der Waals surface area contributed by atoms with Crippen LogP contribution in [-0.4, -0.2) is 33.4 Å². The van der Waals surface area contributed by atoms with Gasteiger partial charge in [0.15, 0.2) is 0 Å². The van der Waals surface area contributed by atoms with Crippen LogP contribution in [0.5, 0.6) is 0 Å². The Labute approximate surface area is 141 Å². The molecule has 1 saturated heterocycles. The summed E-state index contributed by atoms with van der Waals surface area (Å²) in [5.41, 5.74) is 2.44. The highest BCUT2D eigenvalue weighted by Crippen LogP contribution is 2.33. The van der Waals surface area contributed by atoms with Gasteiger partial charge >= 0.3 is 0 Å². The summed E-state index contributed by atoms with van der Waals surface area (Å²) in [6.07, 6.45) is 3.98. The first-order valence-electron chi connectivity index (χ1n) is 8.33. The Morgan fingerprint density at radius 3 is 2.67 bits per heavy atom. The van der Waals surface area contributed by atoms with Crippen LogP contribution >= 0.6 is 0 Å². The largest absolute Gasteiger partial charge is 0.335 e. The van der Waals surface area contributed by atoms with E-state index in [2.05, 4.69) is 16.9 Å². The van der Waals surface area contributed by atoms with Crippen molar-refractivity contribution >= 4 is 5.91 Å². The Morgan fingerprint density at radius 1 is 1.29 bits per heavy atom. The summed E-state index contributed by atoms with van der Waals surface area (Å²) in [6.45, 7) is 6.74. The predicted molar refractivity (Wildman–Crippen MR) is 90.4 cm³/mol. The van der Waals surface area contributed by atoms with E-state index < -0.39 is 0 Å². The van der Waals surface area contributed by atoms with Gasteiger partial charge in [-0.2, -0.15) is 0 Å². The second kappa shape index (κ2) is 6.67. The molecular formula is C19H22FN3O. The summed E-state index contributed by atoms with van der Waals surface area (Å²) >= 11 is 0. The third kappa shape index (κ3) is 3.16. The highest BCUT2D eigenvalue weighted by atomic mass is 19.1. The average Bonchev–Trinajstić information content (AvgIpc) is 2.96. The number of aromatic nitrogens is 2. The Hall–Kier alpha value is -2.30. The zero-order valence-electron chi connectivity index (χ0n) is 14.2. The number of rotatable bonds is 3. The summed E-state index contributed by atoms with van der Waals surface area (Å²) in [5, 5.41) is 0. The van der Waals surface area contributed by atoms with Crippen molar-refractivity contribution in [3.8, 4) is 0 Å². The smallest absolute Gasteiger partial charge is 0.257 e. The van der Waals surface area contributed by atoms with Crippen molar-refractivity contribution in [3.63, 3.8) is 0 Å². The molecule has 1 amide bonds. The molecule has 2 heterocycles. The highest BCUT2D eigenvalue weighted by molar-refractivity contribution is 5.95.